The molecule has 0 aliphatic carbocycles. The molecule has 1 saturated heterocycles. The van der Waals surface area contributed by atoms with Crippen molar-refractivity contribution in [1.82, 2.24) is 9.80 Å². The summed E-state index contributed by atoms with van der Waals surface area (Å²) < 4.78 is 10.6. The number of para-hydroxylation sites is 1. The fraction of sp³-hybridized carbons (Fsp3) is 0.571. The van der Waals surface area contributed by atoms with Gasteiger partial charge in [-0.05, 0) is 45.5 Å². The average molecular weight is 360 g/mol. The Hall–Kier alpha value is -1.85. The number of piperidine rings is 1. The fourth-order valence-corrected chi connectivity index (χ4v) is 3.77. The summed E-state index contributed by atoms with van der Waals surface area (Å²) in [6.07, 6.45) is 4.22. The van der Waals surface area contributed by atoms with Crippen molar-refractivity contribution in [2.24, 2.45) is 5.92 Å². The van der Waals surface area contributed by atoms with Gasteiger partial charge in [0.05, 0.1) is 7.11 Å². The van der Waals surface area contributed by atoms with Crippen LogP contribution in [-0.2, 0) is 16.1 Å². The van der Waals surface area contributed by atoms with Crippen molar-refractivity contribution in [2.75, 3.05) is 40.9 Å². The predicted octanol–water partition coefficient (Wildman–Crippen LogP) is 2.96. The molecule has 1 aromatic carbocycles. The van der Waals surface area contributed by atoms with Crippen LogP contribution in [0.1, 0.15) is 24.8 Å². The summed E-state index contributed by atoms with van der Waals surface area (Å²) >= 11 is 0. The molecule has 2 atom stereocenters. The Kier molecular flexibility index (Phi) is 8.13. The van der Waals surface area contributed by atoms with E-state index in [2.05, 4.69) is 42.6 Å². The molecule has 2 rings (SSSR count). The molecule has 26 heavy (non-hydrogen) atoms. The summed E-state index contributed by atoms with van der Waals surface area (Å²) in [6.45, 7) is 7.13. The molecule has 0 N–H and O–H groups in total. The molecule has 0 bridgehead atoms. The lowest BCUT2D eigenvalue weighted by Gasteiger charge is -2.41. The second kappa shape index (κ2) is 10.3. The molecule has 0 amide bonds. The molecule has 0 spiro atoms. The topological polar surface area (TPSA) is 42.0 Å². The number of methoxy groups -OCH3 is 1. The first-order chi connectivity index (χ1) is 12.5. The lowest BCUT2D eigenvalue weighted by Crippen LogP contribution is -2.48. The van der Waals surface area contributed by atoms with Crippen LogP contribution in [-0.4, -0.2) is 62.7 Å². The Morgan fingerprint density at radius 3 is 2.85 bits per heavy atom. The van der Waals surface area contributed by atoms with E-state index in [0.29, 0.717) is 25.0 Å². The Bertz CT molecular complexity index is 588. The maximum absolute atomic E-state index is 11.6. The zero-order valence-electron chi connectivity index (χ0n) is 16.3. The molecule has 0 unspecified atom stereocenters. The van der Waals surface area contributed by atoms with Crippen molar-refractivity contribution in [1.29, 1.82) is 0 Å². The van der Waals surface area contributed by atoms with Crippen LogP contribution in [0.2, 0.25) is 0 Å². The molecule has 1 heterocycles. The molecule has 0 aromatic heterocycles. The first kappa shape index (κ1) is 20.5. The Balaban J connectivity index is 2.02. The minimum absolute atomic E-state index is 0.122. The highest BCUT2D eigenvalue weighted by atomic mass is 16.5. The normalized spacial score (nSPS) is 20.8. The number of rotatable bonds is 9. The van der Waals surface area contributed by atoms with Gasteiger partial charge in [0, 0.05) is 31.1 Å². The van der Waals surface area contributed by atoms with E-state index in [0.717, 1.165) is 38.2 Å². The molecule has 5 heteroatoms. The third-order valence-corrected chi connectivity index (χ3v) is 5.11. The Morgan fingerprint density at radius 1 is 1.38 bits per heavy atom. The van der Waals surface area contributed by atoms with Gasteiger partial charge in [-0.15, -0.1) is 0 Å². The number of hydrogen-bond acceptors (Lipinski definition) is 5. The van der Waals surface area contributed by atoms with E-state index < -0.39 is 0 Å². The Morgan fingerprint density at radius 2 is 2.15 bits per heavy atom. The summed E-state index contributed by atoms with van der Waals surface area (Å²) in [6, 6.07) is 8.69. The van der Waals surface area contributed by atoms with Crippen molar-refractivity contribution >= 4 is 5.97 Å². The molecule has 1 aliphatic rings. The van der Waals surface area contributed by atoms with E-state index in [1.807, 2.05) is 12.1 Å². The number of likely N-dealkylation sites (tertiary alicyclic amines) is 1. The lowest BCUT2D eigenvalue weighted by molar-refractivity contribution is -0.141. The molecule has 0 saturated carbocycles. The zero-order chi connectivity index (χ0) is 18.9. The van der Waals surface area contributed by atoms with E-state index in [1.165, 1.54) is 12.7 Å². The molecule has 0 radical (unpaired) electrons. The van der Waals surface area contributed by atoms with Crippen molar-refractivity contribution < 1.29 is 14.3 Å². The largest absolute Gasteiger partial charge is 0.489 e. The quantitative estimate of drug-likeness (QED) is 0.500. The molecular formula is C21H32N2O3. The van der Waals surface area contributed by atoms with Crippen molar-refractivity contribution in [3.8, 4) is 5.75 Å². The maximum atomic E-state index is 11.6. The number of esters is 1. The van der Waals surface area contributed by atoms with Gasteiger partial charge < -0.3 is 14.4 Å². The first-order valence-electron chi connectivity index (χ1n) is 9.32. The Labute approximate surface area is 157 Å². The van der Waals surface area contributed by atoms with Crippen LogP contribution in [0, 0.1) is 5.92 Å². The third-order valence-electron chi connectivity index (χ3n) is 5.11. The van der Waals surface area contributed by atoms with E-state index in [-0.39, 0.29) is 5.97 Å². The number of nitrogens with zero attached hydrogens (tertiary/aromatic N) is 2. The van der Waals surface area contributed by atoms with E-state index in [9.17, 15) is 4.79 Å². The monoisotopic (exact) mass is 360 g/mol. The molecule has 144 valence electrons. The third kappa shape index (κ3) is 5.85. The van der Waals surface area contributed by atoms with Gasteiger partial charge in [0.25, 0.3) is 0 Å². The van der Waals surface area contributed by atoms with Crippen LogP contribution in [0.5, 0.6) is 5.75 Å². The maximum Gasteiger partial charge on any atom is 0.305 e. The smallest absolute Gasteiger partial charge is 0.305 e. The van der Waals surface area contributed by atoms with Crippen molar-refractivity contribution in [3.63, 3.8) is 0 Å². The van der Waals surface area contributed by atoms with Gasteiger partial charge in [0.2, 0.25) is 0 Å². The van der Waals surface area contributed by atoms with Gasteiger partial charge in [-0.25, -0.2) is 0 Å². The standard InChI is InChI=1S/C21H32N2O3/c1-5-14-26-20-9-7-6-8-18(20)16-23-13-12-19(22(2)3)17(15-23)10-11-21(24)25-4/h5-9,17,19H,1,10-16H2,2-4H3/t17-,19+/m0/s1. The van der Waals surface area contributed by atoms with Crippen LogP contribution >= 0.6 is 0 Å². The second-order valence-electron chi connectivity index (χ2n) is 7.14. The summed E-state index contributed by atoms with van der Waals surface area (Å²) in [4.78, 5) is 16.3. The van der Waals surface area contributed by atoms with Crippen molar-refractivity contribution in [3.05, 3.63) is 42.5 Å². The minimum atomic E-state index is -0.122. The van der Waals surface area contributed by atoms with Crippen LogP contribution in [0.25, 0.3) is 0 Å². The molecule has 1 aromatic rings. The van der Waals surface area contributed by atoms with Crippen molar-refractivity contribution in [2.45, 2.75) is 31.8 Å². The molecule has 1 aliphatic heterocycles. The van der Waals surface area contributed by atoms with E-state index >= 15 is 0 Å². The van der Waals surface area contributed by atoms with Crippen LogP contribution in [0.3, 0.4) is 0 Å². The number of carbonyl (C=O) groups is 1. The van der Waals surface area contributed by atoms with Gasteiger partial charge in [-0.1, -0.05) is 30.9 Å². The van der Waals surface area contributed by atoms with Crippen LogP contribution < -0.4 is 4.74 Å². The van der Waals surface area contributed by atoms with E-state index in [1.54, 1.807) is 6.08 Å². The first-order valence-corrected chi connectivity index (χ1v) is 9.32. The summed E-state index contributed by atoms with van der Waals surface area (Å²) in [5.74, 6) is 1.26. The van der Waals surface area contributed by atoms with Crippen LogP contribution in [0.4, 0.5) is 0 Å². The number of carbonyl (C=O) groups excluding carboxylic acids is 1. The number of hydrogen-bond donors (Lipinski definition) is 0. The van der Waals surface area contributed by atoms with Gasteiger partial charge in [0.1, 0.15) is 12.4 Å². The SMILES string of the molecule is C=CCOc1ccccc1CN1CC[C@@H](N(C)C)[C@@H](CCC(=O)OC)C1. The molecule has 5 nitrogen and oxygen atoms in total. The average Bonchev–Trinajstić information content (AvgIpc) is 2.65. The number of ether oxygens (including phenoxy) is 2. The van der Waals surface area contributed by atoms with Gasteiger partial charge in [-0.3, -0.25) is 9.69 Å². The van der Waals surface area contributed by atoms with Gasteiger partial charge in [-0.2, -0.15) is 0 Å². The van der Waals surface area contributed by atoms with Gasteiger partial charge in [0.15, 0.2) is 0 Å². The highest BCUT2D eigenvalue weighted by Crippen LogP contribution is 2.28. The summed E-state index contributed by atoms with van der Waals surface area (Å²) in [7, 11) is 5.72. The second-order valence-corrected chi connectivity index (χ2v) is 7.14. The van der Waals surface area contributed by atoms with Gasteiger partial charge >= 0.3 is 5.97 Å². The number of benzene rings is 1. The van der Waals surface area contributed by atoms with Crippen LogP contribution in [0.15, 0.2) is 36.9 Å². The fourth-order valence-electron chi connectivity index (χ4n) is 3.77. The highest BCUT2D eigenvalue weighted by molar-refractivity contribution is 5.69. The highest BCUT2D eigenvalue weighted by Gasteiger charge is 2.31. The predicted molar refractivity (Wildman–Crippen MR) is 104 cm³/mol. The molecule has 1 fully saturated rings. The van der Waals surface area contributed by atoms with E-state index in [4.69, 9.17) is 9.47 Å². The molecular weight excluding hydrogens is 328 g/mol. The summed E-state index contributed by atoms with van der Waals surface area (Å²) in [5.41, 5.74) is 1.20. The lowest BCUT2D eigenvalue weighted by atomic mass is 9.87. The summed E-state index contributed by atoms with van der Waals surface area (Å²) in [5, 5.41) is 0. The zero-order valence-corrected chi connectivity index (χ0v) is 16.3. The minimum Gasteiger partial charge on any atom is -0.489 e.